The van der Waals surface area contributed by atoms with E-state index in [2.05, 4.69) is 41.8 Å². The van der Waals surface area contributed by atoms with Gasteiger partial charge in [0.1, 0.15) is 16.2 Å². The monoisotopic (exact) mass is 342 g/mol. The summed E-state index contributed by atoms with van der Waals surface area (Å²) in [5.41, 5.74) is 0. The van der Waals surface area contributed by atoms with E-state index in [1.807, 2.05) is 31.2 Å². The van der Waals surface area contributed by atoms with E-state index in [1.54, 1.807) is 6.07 Å². The molecule has 1 aromatic heterocycles. The molecular formula is C11H8Br2N2O. The Morgan fingerprint density at radius 3 is 2.38 bits per heavy atom. The third kappa shape index (κ3) is 3.02. The smallest absolute Gasteiger partial charge is 0.223 e. The van der Waals surface area contributed by atoms with Crippen molar-refractivity contribution in [2.45, 2.75) is 6.92 Å². The number of ether oxygens (including phenoxy) is 1. The van der Waals surface area contributed by atoms with Crippen molar-refractivity contribution in [1.82, 2.24) is 9.97 Å². The molecule has 0 aliphatic heterocycles. The average Bonchev–Trinajstić information content (AvgIpc) is 2.20. The first kappa shape index (κ1) is 11.5. The SMILES string of the molecule is Cc1nc(Br)cc(Oc2ccc(Br)cc2)n1. The Balaban J connectivity index is 2.23. The molecule has 0 spiro atoms. The molecule has 0 radical (unpaired) electrons. The van der Waals surface area contributed by atoms with Crippen LogP contribution in [0.15, 0.2) is 39.4 Å². The third-order valence-electron chi connectivity index (χ3n) is 1.82. The molecule has 16 heavy (non-hydrogen) atoms. The van der Waals surface area contributed by atoms with Gasteiger partial charge in [0.25, 0.3) is 0 Å². The fourth-order valence-corrected chi connectivity index (χ4v) is 1.90. The first-order chi connectivity index (χ1) is 7.63. The molecule has 0 saturated heterocycles. The number of nitrogens with zero attached hydrogens (tertiary/aromatic N) is 2. The third-order valence-corrected chi connectivity index (χ3v) is 2.75. The topological polar surface area (TPSA) is 35.0 Å². The van der Waals surface area contributed by atoms with Crippen LogP contribution in [0.2, 0.25) is 0 Å². The van der Waals surface area contributed by atoms with Crippen molar-refractivity contribution in [2.75, 3.05) is 0 Å². The second-order valence-electron chi connectivity index (χ2n) is 3.13. The lowest BCUT2D eigenvalue weighted by molar-refractivity contribution is 0.459. The fraction of sp³-hybridized carbons (Fsp3) is 0.0909. The molecule has 0 aliphatic rings. The van der Waals surface area contributed by atoms with Crippen LogP contribution in [0.5, 0.6) is 11.6 Å². The molecule has 5 heteroatoms. The Morgan fingerprint density at radius 2 is 1.75 bits per heavy atom. The lowest BCUT2D eigenvalue weighted by Crippen LogP contribution is -1.93. The summed E-state index contributed by atoms with van der Waals surface area (Å²) >= 11 is 6.66. The lowest BCUT2D eigenvalue weighted by atomic mass is 10.3. The molecule has 0 aliphatic carbocycles. The summed E-state index contributed by atoms with van der Waals surface area (Å²) in [6, 6.07) is 9.30. The van der Waals surface area contributed by atoms with Gasteiger partial charge < -0.3 is 4.74 Å². The van der Waals surface area contributed by atoms with Crippen LogP contribution < -0.4 is 4.74 Å². The lowest BCUT2D eigenvalue weighted by Gasteiger charge is -2.05. The van der Waals surface area contributed by atoms with E-state index in [9.17, 15) is 0 Å². The Hall–Kier alpha value is -0.940. The zero-order valence-corrected chi connectivity index (χ0v) is 11.6. The van der Waals surface area contributed by atoms with Gasteiger partial charge in [0.15, 0.2) is 0 Å². The van der Waals surface area contributed by atoms with Crippen LogP contribution in [0.3, 0.4) is 0 Å². The van der Waals surface area contributed by atoms with E-state index >= 15 is 0 Å². The van der Waals surface area contributed by atoms with E-state index in [-0.39, 0.29) is 0 Å². The standard InChI is InChI=1S/C11H8Br2N2O/c1-7-14-10(13)6-11(15-7)16-9-4-2-8(12)3-5-9/h2-6H,1H3. The molecule has 0 atom stereocenters. The Morgan fingerprint density at radius 1 is 1.06 bits per heavy atom. The summed E-state index contributed by atoms with van der Waals surface area (Å²) < 4.78 is 7.32. The van der Waals surface area contributed by atoms with Crippen LogP contribution in [-0.2, 0) is 0 Å². The van der Waals surface area contributed by atoms with E-state index in [1.165, 1.54) is 0 Å². The summed E-state index contributed by atoms with van der Waals surface area (Å²) in [5.74, 6) is 1.94. The maximum absolute atomic E-state index is 5.59. The zero-order valence-electron chi connectivity index (χ0n) is 8.45. The van der Waals surface area contributed by atoms with E-state index in [0.29, 0.717) is 16.3 Å². The van der Waals surface area contributed by atoms with Crippen LogP contribution in [0, 0.1) is 6.92 Å². The molecule has 0 saturated carbocycles. The molecule has 0 amide bonds. The Bertz CT molecular complexity index is 480. The van der Waals surface area contributed by atoms with Crippen molar-refractivity contribution in [3.8, 4) is 11.6 Å². The van der Waals surface area contributed by atoms with Crippen LogP contribution in [-0.4, -0.2) is 9.97 Å². The van der Waals surface area contributed by atoms with Crippen molar-refractivity contribution in [3.05, 3.63) is 45.2 Å². The van der Waals surface area contributed by atoms with Crippen molar-refractivity contribution in [2.24, 2.45) is 0 Å². The summed E-state index contributed by atoms with van der Waals surface area (Å²) in [5, 5.41) is 0. The van der Waals surface area contributed by atoms with Crippen LogP contribution in [0.4, 0.5) is 0 Å². The summed E-state index contributed by atoms with van der Waals surface area (Å²) in [6.07, 6.45) is 0. The molecule has 0 N–H and O–H groups in total. The Kier molecular flexibility index (Phi) is 3.56. The summed E-state index contributed by atoms with van der Waals surface area (Å²) in [7, 11) is 0. The van der Waals surface area contributed by atoms with E-state index < -0.39 is 0 Å². The molecule has 3 nitrogen and oxygen atoms in total. The number of halogens is 2. The van der Waals surface area contributed by atoms with Gasteiger partial charge in [0, 0.05) is 10.5 Å². The molecule has 0 unspecified atom stereocenters. The minimum Gasteiger partial charge on any atom is -0.439 e. The number of aromatic nitrogens is 2. The zero-order chi connectivity index (χ0) is 11.5. The van der Waals surface area contributed by atoms with Crippen LogP contribution in [0.25, 0.3) is 0 Å². The minimum atomic E-state index is 0.529. The molecular weight excluding hydrogens is 336 g/mol. The molecule has 0 fully saturated rings. The summed E-state index contributed by atoms with van der Waals surface area (Å²) in [4.78, 5) is 8.28. The largest absolute Gasteiger partial charge is 0.439 e. The van der Waals surface area contributed by atoms with E-state index in [0.717, 1.165) is 10.2 Å². The highest BCUT2D eigenvalue weighted by atomic mass is 79.9. The van der Waals surface area contributed by atoms with Gasteiger partial charge in [-0.3, -0.25) is 0 Å². The molecule has 1 heterocycles. The van der Waals surface area contributed by atoms with Gasteiger partial charge in [-0.25, -0.2) is 4.98 Å². The second-order valence-corrected chi connectivity index (χ2v) is 4.86. The maximum Gasteiger partial charge on any atom is 0.223 e. The molecule has 1 aromatic carbocycles. The van der Waals surface area contributed by atoms with Gasteiger partial charge in [0.2, 0.25) is 5.88 Å². The fourth-order valence-electron chi connectivity index (χ4n) is 1.18. The van der Waals surface area contributed by atoms with Crippen molar-refractivity contribution < 1.29 is 4.74 Å². The van der Waals surface area contributed by atoms with Gasteiger partial charge in [-0.15, -0.1) is 0 Å². The highest BCUT2D eigenvalue weighted by Crippen LogP contribution is 2.23. The number of benzene rings is 1. The quantitative estimate of drug-likeness (QED) is 0.770. The predicted octanol–water partition coefficient (Wildman–Crippen LogP) is 4.10. The Labute approximate surface area is 110 Å². The number of hydrogen-bond donors (Lipinski definition) is 0. The minimum absolute atomic E-state index is 0.529. The van der Waals surface area contributed by atoms with Crippen molar-refractivity contribution in [3.63, 3.8) is 0 Å². The van der Waals surface area contributed by atoms with Crippen LogP contribution >= 0.6 is 31.9 Å². The van der Waals surface area contributed by atoms with Gasteiger partial charge in [-0.1, -0.05) is 15.9 Å². The van der Waals surface area contributed by atoms with Gasteiger partial charge >= 0.3 is 0 Å². The van der Waals surface area contributed by atoms with Crippen LogP contribution in [0.1, 0.15) is 5.82 Å². The number of hydrogen-bond acceptors (Lipinski definition) is 3. The molecule has 0 bridgehead atoms. The number of rotatable bonds is 2. The predicted molar refractivity (Wildman–Crippen MR) is 68.7 cm³/mol. The van der Waals surface area contributed by atoms with Gasteiger partial charge in [0.05, 0.1) is 0 Å². The average molecular weight is 344 g/mol. The normalized spacial score (nSPS) is 10.2. The first-order valence-corrected chi connectivity index (χ1v) is 6.17. The second kappa shape index (κ2) is 4.93. The maximum atomic E-state index is 5.59. The first-order valence-electron chi connectivity index (χ1n) is 4.58. The highest BCUT2D eigenvalue weighted by molar-refractivity contribution is 9.10. The van der Waals surface area contributed by atoms with Crippen molar-refractivity contribution >= 4 is 31.9 Å². The number of aryl methyl sites for hydroxylation is 1. The highest BCUT2D eigenvalue weighted by Gasteiger charge is 2.02. The van der Waals surface area contributed by atoms with Gasteiger partial charge in [-0.2, -0.15) is 4.98 Å². The van der Waals surface area contributed by atoms with Crippen molar-refractivity contribution in [1.29, 1.82) is 0 Å². The molecule has 82 valence electrons. The summed E-state index contributed by atoms with van der Waals surface area (Å²) in [6.45, 7) is 1.82. The molecule has 2 rings (SSSR count). The van der Waals surface area contributed by atoms with Gasteiger partial charge in [-0.05, 0) is 47.1 Å². The molecule has 2 aromatic rings. The van der Waals surface area contributed by atoms with E-state index in [4.69, 9.17) is 4.74 Å².